The molecule has 1 atom stereocenters. The molecule has 1 N–H and O–H groups in total. The van der Waals surface area contributed by atoms with E-state index in [2.05, 4.69) is 11.9 Å². The number of imidazole rings is 1. The molecule has 1 unspecified atom stereocenters. The number of ether oxygens (including phenoxy) is 1. The molecule has 4 nitrogen and oxygen atoms in total. The van der Waals surface area contributed by atoms with Crippen LogP contribution in [0.5, 0.6) is 5.75 Å². The standard InChI is InChI=1S/C15H18N2O2/c1-2-7-17-8-6-16-15(17)14(18)12-3-4-13-11(10-12)5-9-19-13/h3-4,6,8,10,14,18H,2,5,7,9H2,1H3. The van der Waals surface area contributed by atoms with Gasteiger partial charge in [0.25, 0.3) is 0 Å². The summed E-state index contributed by atoms with van der Waals surface area (Å²) in [7, 11) is 0. The number of benzene rings is 1. The maximum absolute atomic E-state index is 10.5. The van der Waals surface area contributed by atoms with Crippen LogP contribution in [0.25, 0.3) is 0 Å². The van der Waals surface area contributed by atoms with Gasteiger partial charge in [-0.25, -0.2) is 4.98 Å². The van der Waals surface area contributed by atoms with E-state index in [9.17, 15) is 5.11 Å². The first kappa shape index (κ1) is 12.2. The summed E-state index contributed by atoms with van der Waals surface area (Å²) in [5.74, 6) is 1.65. The summed E-state index contributed by atoms with van der Waals surface area (Å²) in [4.78, 5) is 4.29. The lowest BCUT2D eigenvalue weighted by Crippen LogP contribution is -2.09. The Hall–Kier alpha value is -1.81. The van der Waals surface area contributed by atoms with Gasteiger partial charge in [0.15, 0.2) is 0 Å². The second kappa shape index (κ2) is 5.05. The smallest absolute Gasteiger partial charge is 0.142 e. The number of fused-ring (bicyclic) bond motifs is 1. The van der Waals surface area contributed by atoms with Gasteiger partial charge in [0, 0.05) is 25.4 Å². The lowest BCUT2D eigenvalue weighted by Gasteiger charge is -2.14. The van der Waals surface area contributed by atoms with Crippen LogP contribution in [-0.2, 0) is 13.0 Å². The third-order valence-corrected chi connectivity index (χ3v) is 3.49. The third kappa shape index (κ3) is 2.24. The van der Waals surface area contributed by atoms with Crippen molar-refractivity contribution < 1.29 is 9.84 Å². The minimum Gasteiger partial charge on any atom is -0.493 e. The van der Waals surface area contributed by atoms with Crippen LogP contribution in [0.2, 0.25) is 0 Å². The van der Waals surface area contributed by atoms with Crippen LogP contribution in [-0.4, -0.2) is 21.3 Å². The highest BCUT2D eigenvalue weighted by Gasteiger charge is 2.19. The Labute approximate surface area is 112 Å². The Bertz CT molecular complexity index is 577. The maximum atomic E-state index is 10.5. The molecule has 0 fully saturated rings. The van der Waals surface area contributed by atoms with E-state index >= 15 is 0 Å². The minimum absolute atomic E-state index is 0.674. The topological polar surface area (TPSA) is 47.3 Å². The summed E-state index contributed by atoms with van der Waals surface area (Å²) < 4.78 is 7.49. The van der Waals surface area contributed by atoms with Gasteiger partial charge in [-0.1, -0.05) is 13.0 Å². The van der Waals surface area contributed by atoms with Gasteiger partial charge in [-0.3, -0.25) is 0 Å². The van der Waals surface area contributed by atoms with E-state index in [-0.39, 0.29) is 0 Å². The predicted molar refractivity (Wildman–Crippen MR) is 72.2 cm³/mol. The fraction of sp³-hybridized carbons (Fsp3) is 0.400. The molecule has 4 heteroatoms. The van der Waals surface area contributed by atoms with Crippen molar-refractivity contribution in [3.05, 3.63) is 47.5 Å². The van der Waals surface area contributed by atoms with Crippen LogP contribution in [0.1, 0.15) is 36.4 Å². The van der Waals surface area contributed by atoms with Crippen LogP contribution >= 0.6 is 0 Å². The molecule has 1 aromatic carbocycles. The first-order valence-electron chi connectivity index (χ1n) is 6.74. The molecule has 0 amide bonds. The highest BCUT2D eigenvalue weighted by Crippen LogP contribution is 2.30. The number of aromatic nitrogens is 2. The molecule has 0 spiro atoms. The Morgan fingerprint density at radius 3 is 3.21 bits per heavy atom. The van der Waals surface area contributed by atoms with Crippen LogP contribution < -0.4 is 4.74 Å². The SMILES string of the molecule is CCCn1ccnc1C(O)c1ccc2c(c1)CCO2. The van der Waals surface area contributed by atoms with Gasteiger partial charge in [0.2, 0.25) is 0 Å². The van der Waals surface area contributed by atoms with E-state index in [1.165, 1.54) is 5.56 Å². The lowest BCUT2D eigenvalue weighted by molar-refractivity contribution is 0.204. The molecule has 100 valence electrons. The van der Waals surface area contributed by atoms with Crippen LogP contribution in [0.4, 0.5) is 0 Å². The van der Waals surface area contributed by atoms with Crippen molar-refractivity contribution in [3.63, 3.8) is 0 Å². The van der Waals surface area contributed by atoms with Crippen LogP contribution in [0.15, 0.2) is 30.6 Å². The average molecular weight is 258 g/mol. The van der Waals surface area contributed by atoms with Crippen molar-refractivity contribution >= 4 is 0 Å². The number of aliphatic hydroxyl groups is 1. The van der Waals surface area contributed by atoms with Gasteiger partial charge in [-0.2, -0.15) is 0 Å². The lowest BCUT2D eigenvalue weighted by atomic mass is 10.0. The van der Waals surface area contributed by atoms with E-state index in [1.54, 1.807) is 6.20 Å². The first-order chi connectivity index (χ1) is 9.29. The number of hydrogen-bond acceptors (Lipinski definition) is 3. The number of aliphatic hydroxyl groups excluding tert-OH is 1. The molecule has 0 saturated carbocycles. The molecule has 1 aromatic heterocycles. The summed E-state index contributed by atoms with van der Waals surface area (Å²) in [5.41, 5.74) is 2.05. The maximum Gasteiger partial charge on any atom is 0.142 e. The first-order valence-corrected chi connectivity index (χ1v) is 6.74. The largest absolute Gasteiger partial charge is 0.493 e. The molecule has 0 radical (unpaired) electrons. The monoisotopic (exact) mass is 258 g/mol. The Morgan fingerprint density at radius 2 is 2.37 bits per heavy atom. The quantitative estimate of drug-likeness (QED) is 0.915. The third-order valence-electron chi connectivity index (χ3n) is 3.49. The van der Waals surface area contributed by atoms with Crippen molar-refractivity contribution in [3.8, 4) is 5.75 Å². The molecule has 0 aliphatic carbocycles. The fourth-order valence-electron chi connectivity index (χ4n) is 2.52. The summed E-state index contributed by atoms with van der Waals surface area (Å²) in [5, 5.41) is 10.5. The predicted octanol–water partition coefficient (Wildman–Crippen LogP) is 2.31. The Morgan fingerprint density at radius 1 is 1.47 bits per heavy atom. The molecule has 19 heavy (non-hydrogen) atoms. The van der Waals surface area contributed by atoms with E-state index in [0.717, 1.165) is 37.3 Å². The van der Waals surface area contributed by atoms with Gasteiger partial charge in [0.05, 0.1) is 6.61 Å². The summed E-state index contributed by atoms with van der Waals surface area (Å²) in [6.45, 7) is 3.72. The molecule has 2 heterocycles. The van der Waals surface area contributed by atoms with Crippen molar-refractivity contribution in [2.75, 3.05) is 6.61 Å². The van der Waals surface area contributed by atoms with E-state index in [1.807, 2.05) is 29.0 Å². The highest BCUT2D eigenvalue weighted by atomic mass is 16.5. The summed E-state index contributed by atoms with van der Waals surface area (Å²) in [6, 6.07) is 5.88. The van der Waals surface area contributed by atoms with Crippen molar-refractivity contribution in [2.45, 2.75) is 32.4 Å². The van der Waals surface area contributed by atoms with Crippen molar-refractivity contribution in [1.29, 1.82) is 0 Å². The molecule has 2 aromatic rings. The average Bonchev–Trinajstić information content (AvgIpc) is 3.05. The summed E-state index contributed by atoms with van der Waals surface area (Å²) in [6.07, 6.45) is 4.92. The number of hydrogen-bond donors (Lipinski definition) is 1. The van der Waals surface area contributed by atoms with E-state index in [0.29, 0.717) is 5.82 Å². The molecular weight excluding hydrogens is 240 g/mol. The zero-order chi connectivity index (χ0) is 13.2. The second-order valence-corrected chi connectivity index (χ2v) is 4.85. The zero-order valence-corrected chi connectivity index (χ0v) is 11.0. The van der Waals surface area contributed by atoms with Crippen molar-refractivity contribution in [1.82, 2.24) is 9.55 Å². The minimum atomic E-state index is -0.674. The van der Waals surface area contributed by atoms with Gasteiger partial charge in [0.1, 0.15) is 17.7 Å². The highest BCUT2D eigenvalue weighted by molar-refractivity contribution is 5.41. The van der Waals surface area contributed by atoms with Gasteiger partial charge >= 0.3 is 0 Å². The normalized spacial score (nSPS) is 15.1. The molecule has 0 bridgehead atoms. The Balaban J connectivity index is 1.90. The molecule has 3 rings (SSSR count). The zero-order valence-electron chi connectivity index (χ0n) is 11.0. The van der Waals surface area contributed by atoms with E-state index < -0.39 is 6.10 Å². The number of aryl methyl sites for hydroxylation is 1. The van der Waals surface area contributed by atoms with Crippen molar-refractivity contribution in [2.24, 2.45) is 0 Å². The Kier molecular flexibility index (Phi) is 3.25. The van der Waals surface area contributed by atoms with Gasteiger partial charge < -0.3 is 14.4 Å². The van der Waals surface area contributed by atoms with Gasteiger partial charge in [-0.15, -0.1) is 0 Å². The molecular formula is C15H18N2O2. The summed E-state index contributed by atoms with van der Waals surface area (Å²) >= 11 is 0. The molecule has 0 saturated heterocycles. The second-order valence-electron chi connectivity index (χ2n) is 4.85. The fourth-order valence-corrected chi connectivity index (χ4v) is 2.52. The van der Waals surface area contributed by atoms with E-state index in [4.69, 9.17) is 4.74 Å². The molecule has 1 aliphatic rings. The number of nitrogens with zero attached hydrogens (tertiary/aromatic N) is 2. The number of rotatable bonds is 4. The van der Waals surface area contributed by atoms with Crippen LogP contribution in [0, 0.1) is 0 Å². The molecule has 1 aliphatic heterocycles. The van der Waals surface area contributed by atoms with Gasteiger partial charge in [-0.05, 0) is 29.7 Å². The van der Waals surface area contributed by atoms with Crippen LogP contribution in [0.3, 0.4) is 0 Å².